The number of fused-ring (bicyclic) bond motifs is 3. The highest BCUT2D eigenvalue weighted by molar-refractivity contribution is 6.32. The van der Waals surface area contributed by atoms with Crippen LogP contribution < -0.4 is 20.7 Å². The molecular weight excluding hydrogens is 541 g/mol. The van der Waals surface area contributed by atoms with Crippen molar-refractivity contribution in [2.75, 3.05) is 23.9 Å². The van der Waals surface area contributed by atoms with Crippen molar-refractivity contribution >= 4 is 52.2 Å². The largest absolute Gasteiger partial charge is 0.495 e. The molecule has 1 aliphatic carbocycles. The highest BCUT2D eigenvalue weighted by atomic mass is 35.5. The lowest BCUT2D eigenvalue weighted by molar-refractivity contribution is -0.140. The van der Waals surface area contributed by atoms with Crippen LogP contribution in [0.25, 0.3) is 0 Å². The number of nitrogens with one attached hydrogen (secondary N) is 1. The molecule has 2 aromatic rings. The number of hydrogen-bond donors (Lipinski definition) is 2. The van der Waals surface area contributed by atoms with Crippen molar-refractivity contribution in [2.45, 2.75) is 46.0 Å². The van der Waals surface area contributed by atoms with E-state index in [0.29, 0.717) is 44.9 Å². The lowest BCUT2D eigenvalue weighted by Gasteiger charge is -2.47. The van der Waals surface area contributed by atoms with E-state index in [1.54, 1.807) is 42.2 Å². The average Bonchev–Trinajstić information content (AvgIpc) is 3.11. The third-order valence-corrected chi connectivity index (χ3v) is 8.17. The molecule has 1 unspecified atom stereocenters. The van der Waals surface area contributed by atoms with Crippen molar-refractivity contribution in [3.05, 3.63) is 74.2 Å². The predicted octanol–water partition coefficient (Wildman–Crippen LogP) is 5.40. The van der Waals surface area contributed by atoms with Gasteiger partial charge in [-0.3, -0.25) is 14.5 Å². The lowest BCUT2D eigenvalue weighted by Crippen LogP contribution is -2.54. The van der Waals surface area contributed by atoms with Crippen molar-refractivity contribution in [3.63, 3.8) is 0 Å². The summed E-state index contributed by atoms with van der Waals surface area (Å²) in [7, 11) is 1.50. The van der Waals surface area contributed by atoms with Crippen LogP contribution in [0.15, 0.2) is 53.0 Å². The highest BCUT2D eigenvalue weighted by Crippen LogP contribution is 2.58. The summed E-state index contributed by atoms with van der Waals surface area (Å²) < 4.78 is 11.1. The molecule has 3 aliphatic rings. The molecule has 1 amide bonds. The Morgan fingerprint density at radius 2 is 1.87 bits per heavy atom. The Hall–Kier alpha value is -3.49. The fraction of sp³-hybridized carbons (Fsp3) is 0.345. The third kappa shape index (κ3) is 3.92. The van der Waals surface area contributed by atoms with E-state index in [0.717, 1.165) is 5.56 Å². The van der Waals surface area contributed by atoms with Gasteiger partial charge in [0, 0.05) is 45.1 Å². The first kappa shape index (κ1) is 27.1. The van der Waals surface area contributed by atoms with Crippen molar-refractivity contribution < 1.29 is 23.9 Å². The summed E-state index contributed by atoms with van der Waals surface area (Å²) >= 11 is 12.8. The van der Waals surface area contributed by atoms with Crippen LogP contribution in [0.4, 0.5) is 11.4 Å². The fourth-order valence-corrected chi connectivity index (χ4v) is 6.30. The van der Waals surface area contributed by atoms with Crippen molar-refractivity contribution in [2.24, 2.45) is 11.1 Å². The molecule has 2 aromatic carbocycles. The summed E-state index contributed by atoms with van der Waals surface area (Å²) in [5, 5.41) is 3.68. The number of ether oxygens (including phenoxy) is 2. The zero-order valence-electron chi connectivity index (χ0n) is 22.3. The monoisotopic (exact) mass is 569 g/mol. The van der Waals surface area contributed by atoms with E-state index >= 15 is 0 Å². The van der Waals surface area contributed by atoms with Gasteiger partial charge in [0.1, 0.15) is 22.6 Å². The second kappa shape index (κ2) is 9.31. The molecule has 39 heavy (non-hydrogen) atoms. The van der Waals surface area contributed by atoms with Crippen LogP contribution in [-0.2, 0) is 24.5 Å². The zero-order chi connectivity index (χ0) is 28.4. The number of nitrogens with two attached hydrogens (primary N) is 1. The Balaban J connectivity index is 1.96. The van der Waals surface area contributed by atoms with Gasteiger partial charge >= 0.3 is 5.97 Å². The molecule has 0 fully saturated rings. The molecule has 2 heterocycles. The number of amides is 1. The number of aryl methyl sites for hydroxylation is 1. The van der Waals surface area contributed by atoms with Gasteiger partial charge in [-0.25, -0.2) is 4.79 Å². The number of methoxy groups -OCH3 is 1. The molecule has 204 valence electrons. The molecule has 3 N–H and O–H groups in total. The molecule has 1 spiro atoms. The average molecular weight is 570 g/mol. The topological polar surface area (TPSA) is 111 Å². The molecule has 8 nitrogen and oxygen atoms in total. The van der Waals surface area contributed by atoms with Gasteiger partial charge in [0.25, 0.3) is 0 Å². The van der Waals surface area contributed by atoms with Gasteiger partial charge in [0.15, 0.2) is 5.78 Å². The molecule has 0 radical (unpaired) electrons. The fourth-order valence-electron chi connectivity index (χ4n) is 5.97. The van der Waals surface area contributed by atoms with Crippen molar-refractivity contribution in [3.8, 4) is 5.75 Å². The van der Waals surface area contributed by atoms with Gasteiger partial charge in [-0.05, 0) is 55.5 Å². The van der Waals surface area contributed by atoms with Crippen LogP contribution in [0.5, 0.6) is 5.75 Å². The lowest BCUT2D eigenvalue weighted by atomic mass is 9.60. The number of ketones is 1. The highest BCUT2D eigenvalue weighted by Gasteiger charge is 2.63. The van der Waals surface area contributed by atoms with E-state index < -0.39 is 22.7 Å². The maximum absolute atomic E-state index is 14.2. The number of halogens is 2. The molecular formula is C29H29Cl2N3O5. The standard InChI is InChI=1S/C29H29Cl2N3O5/c1-6-39-26(36)24-25(32)34(19-9-14(2)17(31)11-22(19)38-5)20-12-28(3,4)13-21(35)23(20)29(24)16-10-15(30)7-8-18(16)33-27(29)37/h7-11H,6,12-13,32H2,1-5H3,(H,33,37). The van der Waals surface area contributed by atoms with E-state index in [-0.39, 0.29) is 35.8 Å². The van der Waals surface area contributed by atoms with E-state index in [2.05, 4.69) is 5.32 Å². The van der Waals surface area contributed by atoms with Gasteiger partial charge in [0.2, 0.25) is 5.91 Å². The van der Waals surface area contributed by atoms with E-state index in [4.69, 9.17) is 38.4 Å². The first-order chi connectivity index (χ1) is 18.4. The molecule has 2 aliphatic heterocycles. The Kier molecular flexibility index (Phi) is 6.47. The maximum atomic E-state index is 14.2. The van der Waals surface area contributed by atoms with Crippen LogP contribution in [-0.4, -0.2) is 31.4 Å². The minimum Gasteiger partial charge on any atom is -0.495 e. The maximum Gasteiger partial charge on any atom is 0.339 e. The summed E-state index contributed by atoms with van der Waals surface area (Å²) in [6.45, 7) is 7.48. The van der Waals surface area contributed by atoms with Crippen LogP contribution in [0.1, 0.15) is 44.7 Å². The second-order valence-electron chi connectivity index (χ2n) is 10.7. The number of anilines is 2. The molecule has 0 bridgehead atoms. The smallest absolute Gasteiger partial charge is 0.339 e. The first-order valence-corrected chi connectivity index (χ1v) is 13.3. The van der Waals surface area contributed by atoms with Gasteiger partial charge in [-0.15, -0.1) is 0 Å². The predicted molar refractivity (Wildman–Crippen MR) is 150 cm³/mol. The molecule has 5 rings (SSSR count). The molecule has 0 saturated carbocycles. The Bertz CT molecular complexity index is 1530. The van der Waals surface area contributed by atoms with E-state index in [1.165, 1.54) is 7.11 Å². The number of carbonyl (C=O) groups is 3. The van der Waals surface area contributed by atoms with Gasteiger partial charge in [-0.2, -0.15) is 0 Å². The van der Waals surface area contributed by atoms with E-state index in [9.17, 15) is 14.4 Å². The van der Waals surface area contributed by atoms with Crippen LogP contribution in [0.2, 0.25) is 10.0 Å². The summed E-state index contributed by atoms with van der Waals surface area (Å²) in [6.07, 6.45) is 0.554. The van der Waals surface area contributed by atoms with Crippen LogP contribution >= 0.6 is 23.2 Å². The number of rotatable bonds is 4. The van der Waals surface area contributed by atoms with E-state index in [1.807, 2.05) is 20.8 Å². The summed E-state index contributed by atoms with van der Waals surface area (Å²) in [6, 6.07) is 8.32. The van der Waals surface area contributed by atoms with Crippen molar-refractivity contribution in [1.29, 1.82) is 0 Å². The third-order valence-electron chi connectivity index (χ3n) is 7.52. The number of carbonyl (C=O) groups excluding carboxylic acids is 3. The molecule has 0 aromatic heterocycles. The second-order valence-corrected chi connectivity index (χ2v) is 11.6. The normalized spacial score (nSPS) is 21.7. The van der Waals surface area contributed by atoms with Crippen LogP contribution in [0, 0.1) is 12.3 Å². The number of Topliss-reactive ketones (excluding diaryl/α,β-unsaturated/α-hetero) is 1. The Morgan fingerprint density at radius 3 is 2.54 bits per heavy atom. The number of benzene rings is 2. The summed E-state index contributed by atoms with van der Waals surface area (Å²) in [5.74, 6) is -1.30. The SMILES string of the molecule is CCOC(=O)C1=C(N)N(c2cc(C)c(Cl)cc2OC)C2=C(C(=O)CC(C)(C)C2)C12C(=O)Nc1ccc(Cl)cc12. The van der Waals surface area contributed by atoms with Crippen molar-refractivity contribution in [1.82, 2.24) is 0 Å². The van der Waals surface area contributed by atoms with Gasteiger partial charge in [0.05, 0.1) is 19.4 Å². The number of esters is 1. The zero-order valence-corrected chi connectivity index (χ0v) is 23.8. The molecule has 0 saturated heterocycles. The Labute approximate surface area is 236 Å². The number of hydrogen-bond acceptors (Lipinski definition) is 7. The quantitative estimate of drug-likeness (QED) is 0.474. The van der Waals surface area contributed by atoms with Crippen LogP contribution in [0.3, 0.4) is 0 Å². The minimum atomic E-state index is -1.84. The Morgan fingerprint density at radius 1 is 1.15 bits per heavy atom. The van der Waals surface area contributed by atoms with Gasteiger partial charge < -0.3 is 20.5 Å². The van der Waals surface area contributed by atoms with Gasteiger partial charge in [-0.1, -0.05) is 37.0 Å². The number of nitrogens with zero attached hydrogens (tertiary/aromatic N) is 1. The molecule has 10 heteroatoms. The summed E-state index contributed by atoms with van der Waals surface area (Å²) in [4.78, 5) is 43.7. The number of allylic oxidation sites excluding steroid dienone is 1. The first-order valence-electron chi connectivity index (χ1n) is 12.6. The summed E-state index contributed by atoms with van der Waals surface area (Å²) in [5.41, 5.74) is 7.17. The minimum absolute atomic E-state index is 0.0337. The molecule has 1 atom stereocenters.